The number of carbonyl (C=O) groups is 1. The van der Waals surface area contributed by atoms with Crippen molar-refractivity contribution >= 4 is 11.6 Å². The van der Waals surface area contributed by atoms with Gasteiger partial charge in [0.15, 0.2) is 12.0 Å². The Balaban J connectivity index is 1.53. The monoisotopic (exact) mass is 489 g/mol. The molecule has 2 atom stereocenters. The Morgan fingerprint density at radius 3 is 2.51 bits per heavy atom. The van der Waals surface area contributed by atoms with Gasteiger partial charge in [-0.3, -0.25) is 4.79 Å². The van der Waals surface area contributed by atoms with E-state index in [1.165, 1.54) is 21.9 Å². The topological polar surface area (TPSA) is 86.3 Å². The van der Waals surface area contributed by atoms with E-state index in [4.69, 9.17) is 10.5 Å². The van der Waals surface area contributed by atoms with Gasteiger partial charge in [0, 0.05) is 24.3 Å². The minimum absolute atomic E-state index is 0.0262. The number of hydrogen-bond acceptors (Lipinski definition) is 5. The standard InChI is InChI=1S/C24H23F4N5O2/c1-13(29)14-6-17-18(19(7-14)24(26,27)28)9-33(22(17)34)16-5-3-4-15(8-16)23(10-35-11-23)20(25)21-31-30-12-32(21)2/h3-8,12-13,20H,9-11,29H2,1-2H3/t13-,20-/m0/s1. The molecule has 11 heteroatoms. The molecule has 3 aromatic rings. The molecule has 0 aliphatic carbocycles. The summed E-state index contributed by atoms with van der Waals surface area (Å²) in [5, 5.41) is 7.63. The van der Waals surface area contributed by atoms with Crippen molar-refractivity contribution in [2.24, 2.45) is 12.8 Å². The summed E-state index contributed by atoms with van der Waals surface area (Å²) in [4.78, 5) is 14.5. The summed E-state index contributed by atoms with van der Waals surface area (Å²) >= 11 is 0. The second-order valence-electron chi connectivity index (χ2n) is 9.13. The predicted octanol–water partition coefficient (Wildman–Crippen LogP) is 3.99. The van der Waals surface area contributed by atoms with Gasteiger partial charge in [0.05, 0.1) is 30.7 Å². The maximum Gasteiger partial charge on any atom is 0.416 e. The van der Waals surface area contributed by atoms with E-state index in [0.717, 1.165) is 6.07 Å². The van der Waals surface area contributed by atoms with Crippen LogP contribution in [-0.2, 0) is 29.9 Å². The lowest BCUT2D eigenvalue weighted by atomic mass is 9.74. The minimum Gasteiger partial charge on any atom is -0.379 e. The highest BCUT2D eigenvalue weighted by atomic mass is 19.4. The van der Waals surface area contributed by atoms with Crippen molar-refractivity contribution in [2.75, 3.05) is 18.1 Å². The Morgan fingerprint density at radius 2 is 1.94 bits per heavy atom. The molecule has 2 N–H and O–H groups in total. The van der Waals surface area contributed by atoms with Crippen LogP contribution in [0.15, 0.2) is 42.7 Å². The number of alkyl halides is 4. The van der Waals surface area contributed by atoms with E-state index in [1.54, 1.807) is 38.2 Å². The summed E-state index contributed by atoms with van der Waals surface area (Å²) in [5.41, 5.74) is 4.95. The third-order valence-electron chi connectivity index (χ3n) is 6.81. The molecule has 2 aliphatic heterocycles. The third-order valence-corrected chi connectivity index (χ3v) is 6.81. The maximum absolute atomic E-state index is 15.7. The van der Waals surface area contributed by atoms with Crippen LogP contribution >= 0.6 is 0 Å². The number of amides is 1. The lowest BCUT2D eigenvalue weighted by Crippen LogP contribution is -2.50. The number of ether oxygens (including phenoxy) is 1. The van der Waals surface area contributed by atoms with Gasteiger partial charge in [0.25, 0.3) is 5.91 Å². The largest absolute Gasteiger partial charge is 0.416 e. The molecule has 5 rings (SSSR count). The number of rotatable bonds is 5. The molecule has 2 aliphatic rings. The molecule has 1 amide bonds. The molecule has 2 aromatic carbocycles. The van der Waals surface area contributed by atoms with Gasteiger partial charge >= 0.3 is 6.18 Å². The molecular formula is C24H23F4N5O2. The zero-order valence-electron chi connectivity index (χ0n) is 19.0. The number of halogens is 4. The number of carbonyl (C=O) groups excluding carboxylic acids is 1. The van der Waals surface area contributed by atoms with Crippen molar-refractivity contribution < 1.29 is 27.1 Å². The number of fused-ring (bicyclic) bond motifs is 1. The quantitative estimate of drug-likeness (QED) is 0.548. The molecule has 0 radical (unpaired) electrons. The summed E-state index contributed by atoms with van der Waals surface area (Å²) in [6.45, 7) is 1.49. The van der Waals surface area contributed by atoms with Crippen LogP contribution in [0.1, 0.15) is 57.6 Å². The van der Waals surface area contributed by atoms with Crippen LogP contribution in [0.4, 0.5) is 23.2 Å². The van der Waals surface area contributed by atoms with Crippen LogP contribution in [0.25, 0.3) is 0 Å². The number of anilines is 1. The highest BCUT2D eigenvalue weighted by molar-refractivity contribution is 6.10. The molecule has 35 heavy (non-hydrogen) atoms. The Morgan fingerprint density at radius 1 is 1.20 bits per heavy atom. The highest BCUT2D eigenvalue weighted by Gasteiger charge is 2.51. The fraction of sp³-hybridized carbons (Fsp3) is 0.375. The number of hydrogen-bond donors (Lipinski definition) is 1. The van der Waals surface area contributed by atoms with Gasteiger partial charge in [0.2, 0.25) is 0 Å². The zero-order chi connectivity index (χ0) is 25.1. The van der Waals surface area contributed by atoms with E-state index in [2.05, 4.69) is 10.2 Å². The minimum atomic E-state index is -4.64. The molecule has 0 saturated carbocycles. The summed E-state index contributed by atoms with van der Waals surface area (Å²) < 4.78 is 64.1. The average molecular weight is 489 g/mol. The molecule has 1 fully saturated rings. The molecule has 3 heterocycles. The lowest BCUT2D eigenvalue weighted by molar-refractivity contribution is -0.138. The fourth-order valence-electron chi connectivity index (χ4n) is 4.69. The van der Waals surface area contributed by atoms with E-state index in [1.807, 2.05) is 0 Å². The molecule has 184 valence electrons. The van der Waals surface area contributed by atoms with Crippen molar-refractivity contribution in [2.45, 2.75) is 37.3 Å². The second-order valence-corrected chi connectivity index (χ2v) is 9.13. The van der Waals surface area contributed by atoms with Crippen LogP contribution in [0.5, 0.6) is 0 Å². The first-order valence-electron chi connectivity index (χ1n) is 11.0. The van der Waals surface area contributed by atoms with Crippen molar-refractivity contribution in [1.82, 2.24) is 14.8 Å². The van der Waals surface area contributed by atoms with Crippen LogP contribution in [0.2, 0.25) is 0 Å². The van der Waals surface area contributed by atoms with Crippen LogP contribution in [0, 0.1) is 0 Å². The number of benzene rings is 2. The molecule has 1 saturated heterocycles. The Labute approximate surface area is 198 Å². The van der Waals surface area contributed by atoms with Gasteiger partial charge in [0.1, 0.15) is 6.33 Å². The first-order chi connectivity index (χ1) is 16.5. The predicted molar refractivity (Wildman–Crippen MR) is 118 cm³/mol. The second kappa shape index (κ2) is 8.13. The molecule has 7 nitrogen and oxygen atoms in total. The van der Waals surface area contributed by atoms with Gasteiger partial charge in [-0.1, -0.05) is 12.1 Å². The van der Waals surface area contributed by atoms with Crippen molar-refractivity contribution in [1.29, 1.82) is 0 Å². The normalized spacial score (nSPS) is 18.8. The lowest BCUT2D eigenvalue weighted by Gasteiger charge is -2.43. The van der Waals surface area contributed by atoms with E-state index in [-0.39, 0.29) is 42.3 Å². The molecule has 0 bridgehead atoms. The maximum atomic E-state index is 15.7. The molecular weight excluding hydrogens is 466 g/mol. The van der Waals surface area contributed by atoms with E-state index >= 15 is 4.39 Å². The van der Waals surface area contributed by atoms with E-state index in [9.17, 15) is 18.0 Å². The van der Waals surface area contributed by atoms with Gasteiger partial charge in [-0.25, -0.2) is 4.39 Å². The first-order valence-corrected chi connectivity index (χ1v) is 11.0. The zero-order valence-corrected chi connectivity index (χ0v) is 19.0. The van der Waals surface area contributed by atoms with Crippen LogP contribution < -0.4 is 10.6 Å². The highest BCUT2D eigenvalue weighted by Crippen LogP contribution is 2.46. The van der Waals surface area contributed by atoms with Gasteiger partial charge in [-0.05, 0) is 47.9 Å². The van der Waals surface area contributed by atoms with Crippen LogP contribution in [0.3, 0.4) is 0 Å². The Hall–Kier alpha value is -3.31. The molecule has 0 spiro atoms. The van der Waals surface area contributed by atoms with Gasteiger partial charge in [-0.15, -0.1) is 10.2 Å². The summed E-state index contributed by atoms with van der Waals surface area (Å²) in [7, 11) is 1.64. The number of nitrogens with two attached hydrogens (primary N) is 1. The SMILES string of the molecule is C[C@H](N)c1cc2c(c(C(F)(F)F)c1)CN(c1cccc(C3([C@@H](F)c4nncn4C)COC3)c1)C2=O. The number of nitrogens with zero attached hydrogens (tertiary/aromatic N) is 4. The smallest absolute Gasteiger partial charge is 0.379 e. The molecule has 0 unspecified atom stereocenters. The fourth-order valence-corrected chi connectivity index (χ4v) is 4.69. The Bertz CT molecular complexity index is 1300. The van der Waals surface area contributed by atoms with E-state index < -0.39 is 35.3 Å². The summed E-state index contributed by atoms with van der Waals surface area (Å²) in [5.74, 6) is -0.421. The summed E-state index contributed by atoms with van der Waals surface area (Å²) in [6.07, 6.45) is -4.77. The van der Waals surface area contributed by atoms with Crippen molar-refractivity contribution in [3.05, 3.63) is 76.4 Å². The molecule has 1 aromatic heterocycles. The Kier molecular flexibility index (Phi) is 5.44. The van der Waals surface area contributed by atoms with Crippen molar-refractivity contribution in [3.8, 4) is 0 Å². The number of aryl methyl sites for hydroxylation is 1. The number of aromatic nitrogens is 3. The first kappa shape index (κ1) is 23.4. The average Bonchev–Trinajstić information content (AvgIpc) is 3.35. The van der Waals surface area contributed by atoms with Crippen LogP contribution in [-0.4, -0.2) is 33.9 Å². The summed E-state index contributed by atoms with van der Waals surface area (Å²) in [6, 6.07) is 8.39. The third kappa shape index (κ3) is 3.69. The van der Waals surface area contributed by atoms with Crippen molar-refractivity contribution in [3.63, 3.8) is 0 Å². The van der Waals surface area contributed by atoms with E-state index in [0.29, 0.717) is 11.3 Å². The van der Waals surface area contributed by atoms with Gasteiger partial charge in [-0.2, -0.15) is 13.2 Å². The van der Waals surface area contributed by atoms with Gasteiger partial charge < -0.3 is 19.9 Å².